The van der Waals surface area contributed by atoms with Crippen molar-refractivity contribution in [2.24, 2.45) is 0 Å². The largest absolute Gasteiger partial charge is 0.416 e. The van der Waals surface area contributed by atoms with Crippen molar-refractivity contribution >= 4 is 15.7 Å². The second-order valence-electron chi connectivity index (χ2n) is 10.8. The Hall–Kier alpha value is -3.97. The number of halogens is 3. The van der Waals surface area contributed by atoms with Gasteiger partial charge in [0.25, 0.3) is 5.91 Å². The number of ether oxygens (including phenoxy) is 1. The fraction of sp³-hybridized carbons (Fsp3) is 0.303. The lowest BCUT2D eigenvalue weighted by molar-refractivity contribution is -0.137. The van der Waals surface area contributed by atoms with E-state index in [0.717, 1.165) is 42.2 Å². The van der Waals surface area contributed by atoms with Gasteiger partial charge in [-0.15, -0.1) is 0 Å². The number of nitrogens with zero attached hydrogens (tertiary/aromatic N) is 2. The van der Waals surface area contributed by atoms with Crippen molar-refractivity contribution in [1.29, 1.82) is 0 Å². The number of nitrogens with one attached hydrogen (secondary N) is 1. The van der Waals surface area contributed by atoms with Crippen molar-refractivity contribution in [3.05, 3.63) is 107 Å². The van der Waals surface area contributed by atoms with E-state index in [1.54, 1.807) is 43.3 Å². The van der Waals surface area contributed by atoms with Gasteiger partial charge in [0.2, 0.25) is 0 Å². The van der Waals surface area contributed by atoms with Crippen LogP contribution in [0.3, 0.4) is 0 Å². The molecule has 238 valence electrons. The molecule has 45 heavy (non-hydrogen) atoms. The van der Waals surface area contributed by atoms with E-state index in [-0.39, 0.29) is 17.3 Å². The summed E-state index contributed by atoms with van der Waals surface area (Å²) in [4.78, 5) is 15.5. The minimum Gasteiger partial charge on any atom is -0.394 e. The van der Waals surface area contributed by atoms with Crippen LogP contribution < -0.4 is 5.32 Å². The van der Waals surface area contributed by atoms with Crippen molar-refractivity contribution in [3.8, 4) is 16.8 Å². The molecule has 0 aliphatic carbocycles. The maximum absolute atomic E-state index is 13.1. The van der Waals surface area contributed by atoms with Crippen LogP contribution in [0.2, 0.25) is 0 Å². The lowest BCUT2D eigenvalue weighted by Gasteiger charge is -2.27. The highest BCUT2D eigenvalue weighted by Gasteiger charge is 2.30. The lowest BCUT2D eigenvalue weighted by Crippen LogP contribution is -2.36. The summed E-state index contributed by atoms with van der Waals surface area (Å²) in [6.45, 7) is 4.52. The second kappa shape index (κ2) is 13.6. The fourth-order valence-electron chi connectivity index (χ4n) is 5.19. The van der Waals surface area contributed by atoms with E-state index in [4.69, 9.17) is 4.74 Å². The Kier molecular flexibility index (Phi) is 9.78. The Bertz CT molecular complexity index is 1710. The maximum Gasteiger partial charge on any atom is 0.416 e. The van der Waals surface area contributed by atoms with Gasteiger partial charge < -0.3 is 19.7 Å². The molecule has 2 N–H and O–H groups in total. The van der Waals surface area contributed by atoms with Gasteiger partial charge in [-0.05, 0) is 65.7 Å². The van der Waals surface area contributed by atoms with Crippen LogP contribution in [0, 0.1) is 0 Å². The molecular formula is C33H34F3N3O5S. The molecule has 1 aliphatic rings. The molecular weight excluding hydrogens is 607 g/mol. The zero-order valence-corrected chi connectivity index (χ0v) is 25.4. The molecule has 1 fully saturated rings. The molecule has 1 amide bonds. The molecule has 8 nitrogen and oxygen atoms in total. The molecule has 0 spiro atoms. The molecule has 0 saturated carbocycles. The number of carbonyl (C=O) groups excluding carboxylic acids is 1. The Balaban J connectivity index is 1.37. The SMILES string of the molecule is CCS(=O)(=O)c1ccc(C(CO)NC(=O)c2ccc(-n3cc(-c4ccc(C(F)(F)F)cc4)cc3CN3CCOCC3)cc2)cc1. The topological polar surface area (TPSA) is 101 Å². The summed E-state index contributed by atoms with van der Waals surface area (Å²) < 4.78 is 71.0. The molecule has 3 aromatic carbocycles. The number of sulfone groups is 1. The van der Waals surface area contributed by atoms with Crippen molar-refractivity contribution in [3.63, 3.8) is 0 Å². The standard InChI is InChI=1S/C33H34F3N3O5S/c1-2-45(42,43)30-13-7-24(8-14-30)31(22-40)37-32(41)25-5-11-28(12-6-25)39-20-26(19-29(39)21-38-15-17-44-18-16-38)23-3-9-27(10-4-23)33(34,35)36/h3-14,19-20,31,40H,2,15-18,21-22H2,1H3,(H,37,41). The molecule has 1 unspecified atom stereocenters. The summed E-state index contributed by atoms with van der Waals surface area (Å²) >= 11 is 0. The molecule has 1 atom stereocenters. The van der Waals surface area contributed by atoms with Crippen LogP contribution in [0.15, 0.2) is 90.0 Å². The van der Waals surface area contributed by atoms with Crippen LogP contribution in [0.5, 0.6) is 0 Å². The highest BCUT2D eigenvalue weighted by Crippen LogP contribution is 2.32. The van der Waals surface area contributed by atoms with Gasteiger partial charge in [0.15, 0.2) is 9.84 Å². The van der Waals surface area contributed by atoms with Gasteiger partial charge >= 0.3 is 6.18 Å². The highest BCUT2D eigenvalue weighted by atomic mass is 32.2. The minimum absolute atomic E-state index is 0.0312. The monoisotopic (exact) mass is 641 g/mol. The number of rotatable bonds is 10. The minimum atomic E-state index is -4.42. The summed E-state index contributed by atoms with van der Waals surface area (Å²) in [5.74, 6) is -0.450. The lowest BCUT2D eigenvalue weighted by atomic mass is 10.1. The van der Waals surface area contributed by atoms with Gasteiger partial charge in [-0.3, -0.25) is 9.69 Å². The van der Waals surface area contributed by atoms with Gasteiger partial charge in [-0.2, -0.15) is 13.2 Å². The van der Waals surface area contributed by atoms with E-state index in [1.807, 2.05) is 16.8 Å². The number of aliphatic hydroxyl groups excluding tert-OH is 1. The van der Waals surface area contributed by atoms with Crippen molar-refractivity contribution < 1.29 is 36.2 Å². The Labute approximate surface area is 260 Å². The molecule has 12 heteroatoms. The smallest absolute Gasteiger partial charge is 0.394 e. The van der Waals surface area contributed by atoms with E-state index < -0.39 is 33.5 Å². The van der Waals surface area contributed by atoms with Gasteiger partial charge in [0.05, 0.1) is 42.1 Å². The quantitative estimate of drug-likeness (QED) is 0.245. The number of aliphatic hydroxyl groups is 1. The molecule has 2 heterocycles. The first-order valence-corrected chi connectivity index (χ1v) is 16.2. The number of carbonyl (C=O) groups is 1. The third-order valence-corrected chi connectivity index (χ3v) is 9.60. The predicted octanol–water partition coefficient (Wildman–Crippen LogP) is 5.25. The first kappa shape index (κ1) is 32.4. The molecule has 5 rings (SSSR count). The normalized spacial score (nSPS) is 15.1. The molecule has 4 aromatic rings. The summed E-state index contributed by atoms with van der Waals surface area (Å²) in [5, 5.41) is 12.7. The molecule has 1 aromatic heterocycles. The summed E-state index contributed by atoms with van der Waals surface area (Å²) in [7, 11) is -3.37. The van der Waals surface area contributed by atoms with E-state index in [1.165, 1.54) is 24.3 Å². The predicted molar refractivity (Wildman–Crippen MR) is 164 cm³/mol. The van der Waals surface area contributed by atoms with Gasteiger partial charge in [-0.25, -0.2) is 8.42 Å². The Morgan fingerprint density at radius 3 is 2.18 bits per heavy atom. The Morgan fingerprint density at radius 2 is 1.60 bits per heavy atom. The van der Waals surface area contributed by atoms with Gasteiger partial charge in [-0.1, -0.05) is 31.2 Å². The van der Waals surface area contributed by atoms with Crippen molar-refractivity contribution in [2.45, 2.75) is 30.6 Å². The number of hydrogen-bond acceptors (Lipinski definition) is 6. The summed E-state index contributed by atoms with van der Waals surface area (Å²) in [6.07, 6.45) is -2.54. The van der Waals surface area contributed by atoms with Gasteiger partial charge in [0, 0.05) is 48.3 Å². The molecule has 1 aliphatic heterocycles. The summed E-state index contributed by atoms with van der Waals surface area (Å²) in [5.41, 5.74) is 3.31. The first-order chi connectivity index (χ1) is 21.5. The van der Waals surface area contributed by atoms with Crippen molar-refractivity contribution in [2.75, 3.05) is 38.7 Å². The zero-order chi connectivity index (χ0) is 32.2. The van der Waals surface area contributed by atoms with E-state index in [9.17, 15) is 31.5 Å². The van der Waals surface area contributed by atoms with Crippen LogP contribution in [0.4, 0.5) is 13.2 Å². The van der Waals surface area contributed by atoms with Crippen LogP contribution >= 0.6 is 0 Å². The average molecular weight is 642 g/mol. The second-order valence-corrected chi connectivity index (χ2v) is 13.1. The third-order valence-electron chi connectivity index (χ3n) is 7.85. The number of morpholine rings is 1. The zero-order valence-electron chi connectivity index (χ0n) is 24.6. The number of benzene rings is 3. The molecule has 1 saturated heterocycles. The number of aromatic nitrogens is 1. The van der Waals surface area contributed by atoms with E-state index in [0.29, 0.717) is 36.4 Å². The first-order valence-electron chi connectivity index (χ1n) is 14.5. The fourth-order valence-corrected chi connectivity index (χ4v) is 6.08. The third kappa shape index (κ3) is 7.64. The van der Waals surface area contributed by atoms with Crippen molar-refractivity contribution in [1.82, 2.24) is 14.8 Å². The van der Waals surface area contributed by atoms with Crippen LogP contribution in [-0.2, 0) is 27.3 Å². The van der Waals surface area contributed by atoms with Crippen LogP contribution in [-0.4, -0.2) is 67.6 Å². The molecule has 0 bridgehead atoms. The number of hydrogen-bond donors (Lipinski definition) is 2. The summed E-state index contributed by atoms with van der Waals surface area (Å²) in [6, 6.07) is 19.2. The average Bonchev–Trinajstić information content (AvgIpc) is 3.47. The Morgan fingerprint density at radius 1 is 0.956 bits per heavy atom. The number of amides is 1. The maximum atomic E-state index is 13.1. The van der Waals surface area contributed by atoms with Crippen LogP contribution in [0.1, 0.15) is 40.1 Å². The molecule has 0 radical (unpaired) electrons. The highest BCUT2D eigenvalue weighted by molar-refractivity contribution is 7.91. The van der Waals surface area contributed by atoms with E-state index >= 15 is 0 Å². The van der Waals surface area contributed by atoms with Crippen LogP contribution in [0.25, 0.3) is 16.8 Å². The van der Waals surface area contributed by atoms with E-state index in [2.05, 4.69) is 10.2 Å². The van der Waals surface area contributed by atoms with Gasteiger partial charge in [0.1, 0.15) is 0 Å². The number of alkyl halides is 3.